The molecule has 10 heteroatoms. The highest BCUT2D eigenvalue weighted by molar-refractivity contribution is 7.22. The lowest BCUT2D eigenvalue weighted by Crippen LogP contribution is -2.31. The summed E-state index contributed by atoms with van der Waals surface area (Å²) in [5, 5.41) is 11.8. The van der Waals surface area contributed by atoms with E-state index in [1.807, 2.05) is 0 Å². The number of amides is 1. The van der Waals surface area contributed by atoms with Crippen LogP contribution in [-0.4, -0.2) is 35.0 Å². The molecule has 0 radical (unpaired) electrons. The van der Waals surface area contributed by atoms with Crippen LogP contribution >= 0.6 is 22.9 Å². The molecule has 2 aliphatic heterocycles. The van der Waals surface area contributed by atoms with Crippen molar-refractivity contribution >= 4 is 50.0 Å². The summed E-state index contributed by atoms with van der Waals surface area (Å²) in [6.45, 7) is 2.51. The topological polar surface area (TPSA) is 102 Å². The maximum atomic E-state index is 13.5. The number of carbonyl (C=O) groups excluding carboxylic acids is 2. The third-order valence-corrected chi connectivity index (χ3v) is 7.10. The number of aliphatic hydroxyl groups excluding tert-OH is 1. The summed E-state index contributed by atoms with van der Waals surface area (Å²) in [4.78, 5) is 32.8. The summed E-state index contributed by atoms with van der Waals surface area (Å²) in [5.41, 5.74) is 1.10. The Morgan fingerprint density at radius 2 is 1.91 bits per heavy atom. The van der Waals surface area contributed by atoms with Gasteiger partial charge in [-0.15, -0.1) is 0 Å². The number of carbonyl (C=O) groups is 2. The lowest BCUT2D eigenvalue weighted by Gasteiger charge is -2.26. The van der Waals surface area contributed by atoms with Crippen molar-refractivity contribution in [2.24, 2.45) is 0 Å². The Morgan fingerprint density at radius 1 is 1.11 bits per heavy atom. The largest absolute Gasteiger partial charge is 0.503 e. The molecule has 2 aliphatic rings. The number of anilines is 1. The summed E-state index contributed by atoms with van der Waals surface area (Å²) in [5.74, 6) is -0.359. The van der Waals surface area contributed by atoms with Gasteiger partial charge in [-0.1, -0.05) is 29.0 Å². The Balaban J connectivity index is 1.52. The summed E-state index contributed by atoms with van der Waals surface area (Å²) >= 11 is 7.37. The molecule has 2 aromatic heterocycles. The first kappa shape index (κ1) is 21.7. The molecule has 2 aromatic carbocycles. The van der Waals surface area contributed by atoms with E-state index in [-0.39, 0.29) is 11.3 Å². The maximum absolute atomic E-state index is 13.5. The molecule has 1 N–H and O–H groups in total. The number of rotatable bonds is 4. The lowest BCUT2D eigenvalue weighted by atomic mass is 9.95. The third kappa shape index (κ3) is 3.55. The van der Waals surface area contributed by atoms with Crippen molar-refractivity contribution in [1.29, 1.82) is 0 Å². The van der Waals surface area contributed by atoms with Crippen molar-refractivity contribution in [2.45, 2.75) is 13.0 Å². The van der Waals surface area contributed by atoms with Crippen LogP contribution in [0.2, 0.25) is 5.02 Å². The fourth-order valence-electron chi connectivity index (χ4n) is 4.26. The van der Waals surface area contributed by atoms with Gasteiger partial charge in [-0.25, -0.2) is 4.98 Å². The zero-order valence-electron chi connectivity index (χ0n) is 18.3. The molecule has 0 spiro atoms. The molecule has 0 saturated heterocycles. The number of aromatic nitrogens is 1. The second-order valence-corrected chi connectivity index (χ2v) is 9.54. The molecule has 1 atom stereocenters. The van der Waals surface area contributed by atoms with Crippen LogP contribution in [0, 0.1) is 6.92 Å². The van der Waals surface area contributed by atoms with Crippen LogP contribution < -0.4 is 14.4 Å². The molecule has 8 nitrogen and oxygen atoms in total. The van der Waals surface area contributed by atoms with Crippen LogP contribution in [0.1, 0.15) is 27.9 Å². The number of aryl methyl sites for hydroxylation is 1. The van der Waals surface area contributed by atoms with E-state index < -0.39 is 23.5 Å². The van der Waals surface area contributed by atoms with Crippen LogP contribution in [0.4, 0.5) is 5.13 Å². The second-order valence-electron chi connectivity index (χ2n) is 8.09. The average molecular weight is 509 g/mol. The molecular weight excluding hydrogens is 492 g/mol. The molecule has 6 rings (SSSR count). The standard InChI is InChI=1S/C25H17ClN2O6S/c1-12-2-6-17(34-12)22(29)20-21(13-3-7-16-18(10-13)33-9-8-32-16)28(24(31)23(20)30)25-27-15-5-4-14(26)11-19(15)35-25/h2-7,10-11,21,30H,8-9H2,1H3. The number of halogens is 1. The van der Waals surface area contributed by atoms with Gasteiger partial charge in [0.15, 0.2) is 28.1 Å². The lowest BCUT2D eigenvalue weighted by molar-refractivity contribution is -0.117. The van der Waals surface area contributed by atoms with E-state index in [0.29, 0.717) is 51.7 Å². The zero-order valence-corrected chi connectivity index (χ0v) is 19.9. The Bertz CT molecular complexity index is 1550. The van der Waals surface area contributed by atoms with E-state index in [4.69, 9.17) is 25.5 Å². The van der Waals surface area contributed by atoms with Crippen molar-refractivity contribution < 1.29 is 28.6 Å². The van der Waals surface area contributed by atoms with Crippen LogP contribution in [0.25, 0.3) is 10.2 Å². The van der Waals surface area contributed by atoms with Gasteiger partial charge in [0.2, 0.25) is 5.78 Å². The normalized spacial score (nSPS) is 17.5. The van der Waals surface area contributed by atoms with Gasteiger partial charge in [-0.2, -0.15) is 0 Å². The predicted octanol–water partition coefficient (Wildman–Crippen LogP) is 5.41. The van der Waals surface area contributed by atoms with E-state index in [1.165, 1.54) is 22.3 Å². The number of Topliss-reactive ketones (excluding diaryl/α,β-unsaturated/α-hetero) is 1. The van der Waals surface area contributed by atoms with Crippen molar-refractivity contribution in [3.63, 3.8) is 0 Å². The van der Waals surface area contributed by atoms with E-state index in [1.54, 1.807) is 49.4 Å². The highest BCUT2D eigenvalue weighted by Crippen LogP contribution is 2.46. The molecule has 4 heterocycles. The number of furan rings is 1. The van der Waals surface area contributed by atoms with E-state index in [0.717, 1.165) is 4.70 Å². The van der Waals surface area contributed by atoms with Gasteiger partial charge >= 0.3 is 0 Å². The molecule has 0 saturated carbocycles. The summed E-state index contributed by atoms with van der Waals surface area (Å²) in [6.07, 6.45) is 0. The van der Waals surface area contributed by atoms with Crippen molar-refractivity contribution in [3.05, 3.63) is 82.0 Å². The smallest absolute Gasteiger partial charge is 0.296 e. The molecule has 1 amide bonds. The Morgan fingerprint density at radius 3 is 2.69 bits per heavy atom. The number of nitrogens with zero attached hydrogens (tertiary/aromatic N) is 2. The molecule has 0 fully saturated rings. The number of thiazole rings is 1. The fraction of sp³-hybridized carbons (Fsp3) is 0.160. The molecule has 4 aromatic rings. The minimum absolute atomic E-state index is 0.0253. The fourth-order valence-corrected chi connectivity index (χ4v) is 5.53. The van der Waals surface area contributed by atoms with Crippen molar-refractivity contribution in [2.75, 3.05) is 18.1 Å². The molecule has 0 aliphatic carbocycles. The quantitative estimate of drug-likeness (QED) is 0.368. The van der Waals surface area contributed by atoms with E-state index >= 15 is 0 Å². The SMILES string of the molecule is Cc1ccc(C(=O)C2=C(O)C(=O)N(c3nc4ccc(Cl)cc4s3)C2c2ccc3c(c2)OCCO3)o1. The second kappa shape index (κ2) is 8.14. The maximum Gasteiger partial charge on any atom is 0.296 e. The van der Waals surface area contributed by atoms with Gasteiger partial charge in [-0.05, 0) is 55.0 Å². The Hall–Kier alpha value is -3.82. The zero-order chi connectivity index (χ0) is 24.3. The van der Waals surface area contributed by atoms with Gasteiger partial charge < -0.3 is 19.0 Å². The number of aliphatic hydroxyl groups is 1. The molecular formula is C25H17ClN2O6S. The van der Waals surface area contributed by atoms with E-state index in [2.05, 4.69) is 4.98 Å². The third-order valence-electron chi connectivity index (χ3n) is 5.84. The van der Waals surface area contributed by atoms with Crippen molar-refractivity contribution in [1.82, 2.24) is 4.98 Å². The van der Waals surface area contributed by atoms with Crippen LogP contribution in [0.3, 0.4) is 0 Å². The highest BCUT2D eigenvalue weighted by atomic mass is 35.5. The minimum atomic E-state index is -0.965. The van der Waals surface area contributed by atoms with Gasteiger partial charge in [0.05, 0.1) is 21.8 Å². The van der Waals surface area contributed by atoms with Crippen LogP contribution in [0.15, 0.2) is 64.3 Å². The number of hydrogen-bond acceptors (Lipinski definition) is 8. The van der Waals surface area contributed by atoms with Crippen LogP contribution in [0.5, 0.6) is 11.5 Å². The number of ether oxygens (including phenoxy) is 2. The number of ketones is 1. The van der Waals surface area contributed by atoms with Gasteiger partial charge in [0.25, 0.3) is 5.91 Å². The summed E-state index contributed by atoms with van der Waals surface area (Å²) < 4.78 is 17.6. The molecule has 176 valence electrons. The molecule has 1 unspecified atom stereocenters. The first-order valence-electron chi connectivity index (χ1n) is 10.7. The van der Waals surface area contributed by atoms with Crippen molar-refractivity contribution in [3.8, 4) is 11.5 Å². The Labute approximate surface area is 208 Å². The number of fused-ring (bicyclic) bond motifs is 2. The van der Waals surface area contributed by atoms with Gasteiger partial charge in [-0.3, -0.25) is 14.5 Å². The molecule has 0 bridgehead atoms. The minimum Gasteiger partial charge on any atom is -0.503 e. The highest BCUT2D eigenvalue weighted by Gasteiger charge is 2.46. The molecule has 35 heavy (non-hydrogen) atoms. The monoisotopic (exact) mass is 508 g/mol. The first-order valence-corrected chi connectivity index (χ1v) is 11.9. The average Bonchev–Trinajstić information content (AvgIpc) is 3.54. The number of benzene rings is 2. The first-order chi connectivity index (χ1) is 16.9. The Kier molecular flexibility index (Phi) is 5.05. The predicted molar refractivity (Wildman–Crippen MR) is 130 cm³/mol. The summed E-state index contributed by atoms with van der Waals surface area (Å²) in [6, 6.07) is 12.6. The summed E-state index contributed by atoms with van der Waals surface area (Å²) in [7, 11) is 0. The van der Waals surface area contributed by atoms with E-state index in [9.17, 15) is 14.7 Å². The van der Waals surface area contributed by atoms with Gasteiger partial charge in [0, 0.05) is 5.02 Å². The van der Waals surface area contributed by atoms with Gasteiger partial charge in [0.1, 0.15) is 19.0 Å². The number of hydrogen-bond donors (Lipinski definition) is 1. The van der Waals surface area contributed by atoms with Crippen LogP contribution in [-0.2, 0) is 4.79 Å².